The second-order valence-corrected chi connectivity index (χ2v) is 9.98. The van der Waals surface area contributed by atoms with Gasteiger partial charge in [0.1, 0.15) is 6.04 Å². The number of carbonyl (C=O) groups excluding carboxylic acids is 4. The van der Waals surface area contributed by atoms with Crippen LogP contribution >= 0.6 is 0 Å². The monoisotopic (exact) mass is 542 g/mol. The zero-order valence-corrected chi connectivity index (χ0v) is 22.2. The molecule has 0 saturated carbocycles. The first-order valence-corrected chi connectivity index (χ1v) is 13.0. The number of rotatable bonds is 6. The van der Waals surface area contributed by atoms with E-state index in [2.05, 4.69) is 20.7 Å². The van der Waals surface area contributed by atoms with Crippen molar-refractivity contribution in [1.29, 1.82) is 0 Å². The Bertz CT molecular complexity index is 1440. The number of benzene rings is 3. The molecule has 1 spiro atoms. The second-order valence-electron chi connectivity index (χ2n) is 9.98. The first-order valence-electron chi connectivity index (χ1n) is 13.0. The predicted molar refractivity (Wildman–Crippen MR) is 148 cm³/mol. The van der Waals surface area contributed by atoms with Gasteiger partial charge < -0.3 is 19.7 Å². The number of hydrogen-bond acceptors (Lipinski definition) is 6. The van der Waals surface area contributed by atoms with Gasteiger partial charge in [-0.05, 0) is 48.9 Å². The van der Waals surface area contributed by atoms with Crippen LogP contribution in [-0.2, 0) is 26.3 Å². The summed E-state index contributed by atoms with van der Waals surface area (Å²) in [7, 11) is 1.26. The minimum atomic E-state index is -0.955. The lowest BCUT2D eigenvalue weighted by Gasteiger charge is -2.36. The number of ether oxygens (including phenoxy) is 2. The van der Waals surface area contributed by atoms with Gasteiger partial charge in [-0.25, -0.2) is 9.59 Å². The molecule has 10 nitrogen and oxygen atoms in total. The SMILES string of the molecule is COC(=O)Nc1ccc(C(=O)N[C@@H](Cc2ccccc2)C(=O)N2CCC3(C2)OC(=O)Nc2ccc(C)cc23)cc1. The first kappa shape index (κ1) is 26.7. The van der Waals surface area contributed by atoms with Crippen molar-refractivity contribution in [3.63, 3.8) is 0 Å². The Morgan fingerprint density at radius 3 is 2.55 bits per heavy atom. The second kappa shape index (κ2) is 11.1. The van der Waals surface area contributed by atoms with Gasteiger partial charge in [0, 0.05) is 36.2 Å². The van der Waals surface area contributed by atoms with Crippen molar-refractivity contribution in [1.82, 2.24) is 10.2 Å². The van der Waals surface area contributed by atoms with Crippen molar-refractivity contribution in [3.05, 3.63) is 95.1 Å². The summed E-state index contributed by atoms with van der Waals surface area (Å²) >= 11 is 0. The van der Waals surface area contributed by atoms with Gasteiger partial charge in [-0.1, -0.05) is 42.0 Å². The van der Waals surface area contributed by atoms with Crippen LogP contribution < -0.4 is 16.0 Å². The molecule has 2 atom stereocenters. The molecule has 1 saturated heterocycles. The minimum Gasteiger partial charge on any atom is -0.453 e. The lowest BCUT2D eigenvalue weighted by Crippen LogP contribution is -2.50. The number of nitrogens with zero attached hydrogens (tertiary/aromatic N) is 1. The number of aryl methyl sites for hydroxylation is 1. The van der Waals surface area contributed by atoms with Crippen LogP contribution in [-0.4, -0.2) is 55.1 Å². The number of anilines is 2. The maximum absolute atomic E-state index is 13.9. The summed E-state index contributed by atoms with van der Waals surface area (Å²) in [4.78, 5) is 52.6. The molecular weight excluding hydrogens is 512 g/mol. The van der Waals surface area contributed by atoms with Gasteiger partial charge >= 0.3 is 12.2 Å². The lowest BCUT2D eigenvalue weighted by atomic mass is 9.89. The van der Waals surface area contributed by atoms with Crippen LogP contribution in [0.4, 0.5) is 21.0 Å². The largest absolute Gasteiger partial charge is 0.453 e. The number of methoxy groups -OCH3 is 1. The van der Waals surface area contributed by atoms with E-state index in [-0.39, 0.29) is 18.9 Å². The molecule has 4 amide bonds. The molecule has 10 heteroatoms. The molecule has 2 heterocycles. The fourth-order valence-corrected chi connectivity index (χ4v) is 5.17. The normalized spacial score (nSPS) is 18.2. The summed E-state index contributed by atoms with van der Waals surface area (Å²) in [6.07, 6.45) is -0.437. The number of amides is 4. The van der Waals surface area contributed by atoms with Crippen LogP contribution in [0.15, 0.2) is 72.8 Å². The molecule has 1 unspecified atom stereocenters. The van der Waals surface area contributed by atoms with E-state index in [4.69, 9.17) is 4.74 Å². The van der Waals surface area contributed by atoms with E-state index in [1.54, 1.807) is 29.2 Å². The first-order chi connectivity index (χ1) is 19.3. The van der Waals surface area contributed by atoms with Gasteiger partial charge in [-0.2, -0.15) is 0 Å². The molecule has 0 bridgehead atoms. The number of carbonyl (C=O) groups is 4. The standard InChI is InChI=1S/C30H30N4O6/c1-19-8-13-24-23(16-19)30(40-29(38)33-24)14-15-34(18-30)27(36)25(17-20-6-4-3-5-7-20)32-26(35)21-9-11-22(12-10-21)31-28(37)39-2/h3-13,16,25H,14-15,17-18H2,1-2H3,(H,31,37)(H,32,35)(H,33,38)/t25-,30?/m0/s1. The molecule has 5 rings (SSSR count). The molecule has 0 radical (unpaired) electrons. The van der Waals surface area contributed by atoms with Crippen molar-refractivity contribution in [2.24, 2.45) is 0 Å². The Morgan fingerprint density at radius 1 is 1.07 bits per heavy atom. The average molecular weight is 543 g/mol. The highest BCUT2D eigenvalue weighted by atomic mass is 16.6. The highest BCUT2D eigenvalue weighted by Crippen LogP contribution is 2.43. The third-order valence-corrected chi connectivity index (χ3v) is 7.20. The van der Waals surface area contributed by atoms with Crippen LogP contribution in [0.2, 0.25) is 0 Å². The average Bonchev–Trinajstić information content (AvgIpc) is 3.37. The topological polar surface area (TPSA) is 126 Å². The van der Waals surface area contributed by atoms with E-state index in [1.807, 2.05) is 55.5 Å². The minimum absolute atomic E-state index is 0.185. The molecule has 3 aromatic rings. The summed E-state index contributed by atoms with van der Waals surface area (Å²) in [6.45, 7) is 2.52. The molecule has 40 heavy (non-hydrogen) atoms. The van der Waals surface area contributed by atoms with E-state index < -0.39 is 29.7 Å². The molecule has 2 aliphatic heterocycles. The summed E-state index contributed by atoms with van der Waals surface area (Å²) in [5, 5.41) is 8.18. The molecule has 2 aliphatic rings. The maximum atomic E-state index is 13.9. The van der Waals surface area contributed by atoms with E-state index in [0.29, 0.717) is 29.9 Å². The van der Waals surface area contributed by atoms with Crippen LogP contribution in [0, 0.1) is 6.92 Å². The molecule has 0 aliphatic carbocycles. The molecular formula is C30H30N4O6. The van der Waals surface area contributed by atoms with E-state index in [9.17, 15) is 19.2 Å². The fraction of sp³-hybridized carbons (Fsp3) is 0.267. The van der Waals surface area contributed by atoms with E-state index in [1.165, 1.54) is 7.11 Å². The Balaban J connectivity index is 1.36. The Kier molecular flexibility index (Phi) is 7.41. The quantitative estimate of drug-likeness (QED) is 0.429. The zero-order chi connectivity index (χ0) is 28.3. The van der Waals surface area contributed by atoms with Gasteiger partial charge in [-0.15, -0.1) is 0 Å². The summed E-state index contributed by atoms with van der Waals surface area (Å²) in [6, 6.07) is 20.6. The third kappa shape index (κ3) is 5.61. The smallest absolute Gasteiger partial charge is 0.412 e. The summed E-state index contributed by atoms with van der Waals surface area (Å²) in [5.41, 5.74) is 3.27. The third-order valence-electron chi connectivity index (χ3n) is 7.20. The molecule has 206 valence electrons. The lowest BCUT2D eigenvalue weighted by molar-refractivity contribution is -0.133. The molecule has 1 fully saturated rings. The zero-order valence-electron chi connectivity index (χ0n) is 22.2. The Morgan fingerprint density at radius 2 is 1.82 bits per heavy atom. The highest BCUT2D eigenvalue weighted by Gasteiger charge is 2.49. The van der Waals surface area contributed by atoms with Gasteiger partial charge in [0.05, 0.1) is 19.3 Å². The van der Waals surface area contributed by atoms with Crippen LogP contribution in [0.5, 0.6) is 0 Å². The van der Waals surface area contributed by atoms with Gasteiger partial charge in [0.2, 0.25) is 5.91 Å². The van der Waals surface area contributed by atoms with Crippen LogP contribution in [0.1, 0.15) is 33.5 Å². The van der Waals surface area contributed by atoms with Crippen LogP contribution in [0.3, 0.4) is 0 Å². The van der Waals surface area contributed by atoms with Crippen molar-refractivity contribution in [3.8, 4) is 0 Å². The summed E-state index contributed by atoms with van der Waals surface area (Å²) in [5.74, 6) is -0.691. The molecule has 3 N–H and O–H groups in total. The number of hydrogen-bond donors (Lipinski definition) is 3. The van der Waals surface area contributed by atoms with Crippen molar-refractivity contribution in [2.75, 3.05) is 30.8 Å². The van der Waals surface area contributed by atoms with Crippen molar-refractivity contribution in [2.45, 2.75) is 31.4 Å². The number of fused-ring (bicyclic) bond motifs is 2. The van der Waals surface area contributed by atoms with Crippen LogP contribution in [0.25, 0.3) is 0 Å². The molecule has 3 aromatic carbocycles. The van der Waals surface area contributed by atoms with Gasteiger partial charge in [0.25, 0.3) is 5.91 Å². The highest BCUT2D eigenvalue weighted by molar-refractivity contribution is 5.98. The van der Waals surface area contributed by atoms with Gasteiger partial charge in [0.15, 0.2) is 5.60 Å². The van der Waals surface area contributed by atoms with Crippen molar-refractivity contribution < 1.29 is 28.7 Å². The predicted octanol–water partition coefficient (Wildman–Crippen LogP) is 4.20. The Labute approximate surface area is 231 Å². The molecule has 0 aromatic heterocycles. The van der Waals surface area contributed by atoms with Gasteiger partial charge in [-0.3, -0.25) is 20.2 Å². The van der Waals surface area contributed by atoms with E-state index >= 15 is 0 Å². The van der Waals surface area contributed by atoms with Crippen molar-refractivity contribution >= 4 is 35.4 Å². The number of nitrogens with one attached hydrogen (secondary N) is 3. The fourth-order valence-electron chi connectivity index (χ4n) is 5.17. The maximum Gasteiger partial charge on any atom is 0.412 e. The Hall–Kier alpha value is -4.86. The number of likely N-dealkylation sites (tertiary alicyclic amines) is 1. The summed E-state index contributed by atoms with van der Waals surface area (Å²) < 4.78 is 10.4. The van der Waals surface area contributed by atoms with E-state index in [0.717, 1.165) is 16.7 Å².